The third-order valence-electron chi connectivity index (χ3n) is 27.4. The molecule has 0 N–H and O–H groups in total. The first-order valence-electron chi connectivity index (χ1n) is 46.4. The lowest BCUT2D eigenvalue weighted by atomic mass is 9.83. The Bertz CT molecular complexity index is 8860. The molecule has 0 bridgehead atoms. The molecule has 0 unspecified atom stereocenters. The maximum Gasteiger partial charge on any atom is -0.00201 e. The molecular weight excluding hydrogens is 1610 g/mol. The zero-order chi connectivity index (χ0) is 88.8. The van der Waals surface area contributed by atoms with Gasteiger partial charge in [-0.1, -0.05) is 528 Å². The Morgan fingerprint density at radius 1 is 0.0746 bits per heavy atom. The average molecular weight is 1700 g/mol. The summed E-state index contributed by atoms with van der Waals surface area (Å²) in [5.74, 6) is 0. The molecule has 0 saturated heterocycles. The van der Waals surface area contributed by atoms with Crippen LogP contribution in [0.5, 0.6) is 0 Å². The van der Waals surface area contributed by atoms with Gasteiger partial charge in [0, 0.05) is 0 Å². The quantitative estimate of drug-likeness (QED) is 0.126. The van der Waals surface area contributed by atoms with Crippen molar-refractivity contribution in [1.29, 1.82) is 0 Å². The molecular formula is C134H88. The summed E-state index contributed by atoms with van der Waals surface area (Å²) < 4.78 is 0. The Hall–Kier alpha value is -17.4. The minimum Gasteiger partial charge on any atom is -0.0622 e. The highest BCUT2D eigenvalue weighted by Gasteiger charge is 2.25. The Morgan fingerprint density at radius 2 is 0.246 bits per heavy atom. The van der Waals surface area contributed by atoms with E-state index in [4.69, 9.17) is 0 Å². The van der Waals surface area contributed by atoms with Crippen molar-refractivity contribution in [3.63, 3.8) is 0 Å². The van der Waals surface area contributed by atoms with Crippen LogP contribution < -0.4 is 0 Å². The Labute approximate surface area is 779 Å². The van der Waals surface area contributed by atoms with Crippen LogP contribution in [0, 0.1) is 0 Å². The van der Waals surface area contributed by atoms with E-state index in [1.165, 1.54) is 251 Å². The second kappa shape index (κ2) is 34.9. The fraction of sp³-hybridized carbons (Fsp3) is 0. The average Bonchev–Trinajstić information content (AvgIpc) is 0.737. The van der Waals surface area contributed by atoms with E-state index in [-0.39, 0.29) is 0 Å². The molecule has 27 aromatic carbocycles. The minimum atomic E-state index is 1.24. The summed E-state index contributed by atoms with van der Waals surface area (Å²) in [7, 11) is 0. The van der Waals surface area contributed by atoms with Crippen LogP contribution in [0.25, 0.3) is 251 Å². The third kappa shape index (κ3) is 14.2. The van der Waals surface area contributed by atoms with Crippen molar-refractivity contribution < 1.29 is 0 Å². The van der Waals surface area contributed by atoms with Crippen molar-refractivity contribution in [3.8, 4) is 100 Å². The lowest BCUT2D eigenvalue weighted by Gasteiger charge is -2.20. The Balaban J connectivity index is 0.0000000983. The maximum absolute atomic E-state index is 2.33. The van der Waals surface area contributed by atoms with E-state index in [0.717, 1.165) is 0 Å². The van der Waals surface area contributed by atoms with Crippen molar-refractivity contribution in [2.75, 3.05) is 0 Å². The molecule has 27 aromatic rings. The van der Waals surface area contributed by atoms with Gasteiger partial charge < -0.3 is 0 Å². The Morgan fingerprint density at radius 3 is 0.515 bits per heavy atom. The summed E-state index contributed by atoms with van der Waals surface area (Å²) in [6, 6.07) is 193. The lowest BCUT2D eigenvalue weighted by Crippen LogP contribution is -1.93. The van der Waals surface area contributed by atoms with Crippen molar-refractivity contribution in [2.24, 2.45) is 0 Å². The number of hydrogen-bond acceptors (Lipinski definition) is 0. The predicted octanol–water partition coefficient (Wildman–Crippen LogP) is 37.9. The van der Waals surface area contributed by atoms with E-state index in [1.807, 2.05) is 0 Å². The highest BCUT2D eigenvalue weighted by molar-refractivity contribution is 6.29. The van der Waals surface area contributed by atoms with E-state index >= 15 is 0 Å². The van der Waals surface area contributed by atoms with E-state index in [1.54, 1.807) is 0 Å². The van der Waals surface area contributed by atoms with E-state index in [2.05, 4.69) is 534 Å². The largest absolute Gasteiger partial charge is 0.0622 e. The van der Waals surface area contributed by atoms with Gasteiger partial charge in [-0.15, -0.1) is 0 Å². The van der Waals surface area contributed by atoms with Crippen LogP contribution in [0.15, 0.2) is 534 Å². The zero-order valence-electron chi connectivity index (χ0n) is 73.8. The molecule has 0 aliphatic rings. The van der Waals surface area contributed by atoms with Crippen LogP contribution in [0.1, 0.15) is 0 Å². The first-order valence-corrected chi connectivity index (χ1v) is 46.4. The molecule has 0 heterocycles. The molecule has 134 heavy (non-hydrogen) atoms. The van der Waals surface area contributed by atoms with Crippen LogP contribution in [-0.4, -0.2) is 0 Å². The van der Waals surface area contributed by atoms with E-state index in [9.17, 15) is 0 Å². The summed E-state index contributed by atoms with van der Waals surface area (Å²) >= 11 is 0. The van der Waals surface area contributed by atoms with Crippen LogP contribution in [-0.2, 0) is 0 Å². The fourth-order valence-corrected chi connectivity index (χ4v) is 21.6. The zero-order valence-corrected chi connectivity index (χ0v) is 73.8. The molecule has 27 rings (SSSR count). The first-order chi connectivity index (χ1) is 66.6. The number of hydrogen-bond donors (Lipinski definition) is 0. The van der Waals surface area contributed by atoms with E-state index in [0.29, 0.717) is 0 Å². The van der Waals surface area contributed by atoms with Crippen molar-refractivity contribution in [2.45, 2.75) is 0 Å². The number of rotatable bonds is 9. The van der Waals surface area contributed by atoms with Crippen LogP contribution in [0.2, 0.25) is 0 Å². The summed E-state index contributed by atoms with van der Waals surface area (Å²) in [5, 5.41) is 36.0. The first kappa shape index (κ1) is 79.9. The van der Waals surface area contributed by atoms with Gasteiger partial charge in [-0.05, 0) is 257 Å². The molecule has 0 spiro atoms. The number of fused-ring (bicyclic) bond motifs is 14. The Kier molecular flexibility index (Phi) is 20.8. The van der Waals surface area contributed by atoms with Crippen molar-refractivity contribution in [1.82, 2.24) is 0 Å². The lowest BCUT2D eigenvalue weighted by molar-refractivity contribution is 1.61. The molecule has 0 fully saturated rings. The summed E-state index contributed by atoms with van der Waals surface area (Å²) in [6.45, 7) is 0. The molecule has 0 aromatic heterocycles. The molecule has 0 radical (unpaired) electrons. The summed E-state index contributed by atoms with van der Waals surface area (Å²) in [5.41, 5.74) is 23.2. The van der Waals surface area contributed by atoms with Crippen LogP contribution in [0.4, 0.5) is 0 Å². The van der Waals surface area contributed by atoms with Crippen LogP contribution >= 0.6 is 0 Å². The van der Waals surface area contributed by atoms with Gasteiger partial charge in [0.2, 0.25) is 0 Å². The molecule has 0 saturated carbocycles. The van der Waals surface area contributed by atoms with Gasteiger partial charge in [0.05, 0.1) is 0 Å². The number of benzene rings is 27. The smallest absolute Gasteiger partial charge is 0.00201 e. The van der Waals surface area contributed by atoms with Gasteiger partial charge in [-0.25, -0.2) is 0 Å². The molecule has 0 aliphatic heterocycles. The monoisotopic (exact) mass is 1700 g/mol. The second-order valence-corrected chi connectivity index (χ2v) is 34.8. The van der Waals surface area contributed by atoms with Gasteiger partial charge in [-0.2, -0.15) is 0 Å². The topological polar surface area (TPSA) is 0 Å². The maximum atomic E-state index is 2.33. The summed E-state index contributed by atoms with van der Waals surface area (Å²) in [6.07, 6.45) is 0. The van der Waals surface area contributed by atoms with Gasteiger partial charge in [0.25, 0.3) is 0 Å². The van der Waals surface area contributed by atoms with Gasteiger partial charge in [0.1, 0.15) is 0 Å². The molecule has 0 atom stereocenters. The standard InChI is InChI=1S/C36H24.2C34H22.C30H20/c1-2-13-25(14-3-1)27-18-6-7-19-29(27)35-31-20-8-10-22-33(31)36(34-23-11-9-21-32(34)35)30-24-12-16-26-15-4-5-17-28(26)30;1-3-15-25-23(11-1)13-9-21-27(25)33-29-17-5-7-19-31(29)34(32-20-8-6-18-30(32)33)28-22-10-14-24-12-2-4-16-26(24)28;1-2-12-25-22-26(21-20-23(25)10-1)33-29-15-5-7-17-31(29)34(32-18-8-6-16-30(32)33)28-19-9-13-24-11-3-4-14-27(24)28;1-2-12-22(13-3-1)29-25-16-6-8-18-27(25)30(28-19-9-7-17-26(28)29)24-20-10-14-21-11-4-5-15-23(21)24/h1-24H;2*1-22H;1-20H. The summed E-state index contributed by atoms with van der Waals surface area (Å²) in [4.78, 5) is 0. The highest BCUT2D eigenvalue weighted by atomic mass is 14.3. The fourth-order valence-electron chi connectivity index (χ4n) is 21.6. The second-order valence-electron chi connectivity index (χ2n) is 34.8. The molecule has 624 valence electrons. The van der Waals surface area contributed by atoms with Gasteiger partial charge in [-0.3, -0.25) is 0 Å². The highest BCUT2D eigenvalue weighted by Crippen LogP contribution is 2.53. The normalized spacial score (nSPS) is 11.4. The molecule has 0 amide bonds. The van der Waals surface area contributed by atoms with E-state index < -0.39 is 0 Å². The molecule has 0 heteroatoms. The predicted molar refractivity (Wildman–Crippen MR) is 580 cm³/mol. The molecule has 0 nitrogen and oxygen atoms in total. The van der Waals surface area contributed by atoms with Crippen molar-refractivity contribution >= 4 is 151 Å². The third-order valence-corrected chi connectivity index (χ3v) is 27.4. The molecule has 0 aliphatic carbocycles. The van der Waals surface area contributed by atoms with Crippen LogP contribution in [0.3, 0.4) is 0 Å². The SMILES string of the molecule is c1ccc(-c2c3ccccc3c(-c3cccc4ccccc34)c3ccccc23)cc1.c1ccc(-c2ccccc2-c2c3ccccc3c(-c3cccc4ccccc34)c3ccccc23)cc1.c1ccc2c(-c3c4ccccc4c(-c4cccc5ccccc45)c4ccccc34)cccc2c1.c1ccc2cc(-c3c4ccccc4c(-c4cccc5ccccc45)c4ccccc34)ccc2c1. The van der Waals surface area contributed by atoms with Gasteiger partial charge in [0.15, 0.2) is 0 Å². The van der Waals surface area contributed by atoms with Gasteiger partial charge >= 0.3 is 0 Å². The minimum absolute atomic E-state index is 1.24. The van der Waals surface area contributed by atoms with Crippen molar-refractivity contribution in [3.05, 3.63) is 534 Å².